The van der Waals surface area contributed by atoms with Gasteiger partial charge in [0.1, 0.15) is 13.2 Å². The molecule has 0 aromatic heterocycles. The molecule has 8 fully saturated rings. The van der Waals surface area contributed by atoms with Crippen molar-refractivity contribution in [3.8, 4) is 0 Å². The number of aryl methyl sites for hydroxylation is 9. The number of hydrogen-bond acceptors (Lipinski definition) is 3. The van der Waals surface area contributed by atoms with Crippen molar-refractivity contribution in [2.45, 2.75) is 303 Å². The van der Waals surface area contributed by atoms with E-state index >= 15 is 0 Å². The van der Waals surface area contributed by atoms with Gasteiger partial charge < -0.3 is 19.3 Å². The molecule has 0 radical (unpaired) electrons. The average molecular weight is 1900 g/mol. The Hall–Kier alpha value is -3.81. The van der Waals surface area contributed by atoms with Crippen molar-refractivity contribution in [3.05, 3.63) is 225 Å². The van der Waals surface area contributed by atoms with E-state index in [0.717, 1.165) is 43.4 Å². The summed E-state index contributed by atoms with van der Waals surface area (Å²) in [5.74, 6) is 0. The third kappa shape index (κ3) is 33.4. The Balaban J connectivity index is 0.000000191. The van der Waals surface area contributed by atoms with E-state index in [2.05, 4.69) is 164 Å². The summed E-state index contributed by atoms with van der Waals surface area (Å²) in [6.07, 6.45) is 45.3. The topological polar surface area (TPSA) is 12.7 Å². The van der Waals surface area contributed by atoms with Crippen LogP contribution in [0.3, 0.4) is 0 Å². The first-order valence-electron chi connectivity index (χ1n) is 42.7. The van der Waals surface area contributed by atoms with Crippen LogP contribution in [0.15, 0.2) is 151 Å². The van der Waals surface area contributed by atoms with Crippen molar-refractivity contribution in [3.63, 3.8) is 0 Å². The number of halogens is 12. The Labute approximate surface area is 722 Å². The van der Waals surface area contributed by atoms with E-state index in [1.54, 1.807) is 223 Å². The normalized spacial score (nSPS) is 18.7. The van der Waals surface area contributed by atoms with E-state index < -0.39 is 49.9 Å². The minimum absolute atomic E-state index is 0.0465. The second kappa shape index (κ2) is 52.6. The number of anilines is 3. The zero-order valence-electron chi connectivity index (χ0n) is 70.9. The summed E-state index contributed by atoms with van der Waals surface area (Å²) >= 11 is -4.37. The summed E-state index contributed by atoms with van der Waals surface area (Å²) < 4.78 is 88.5. The molecule has 4 nitrogen and oxygen atoms in total. The van der Waals surface area contributed by atoms with Crippen molar-refractivity contribution >= 4 is 92.7 Å². The van der Waals surface area contributed by atoms with E-state index in [1.165, 1.54) is 118 Å². The maximum atomic E-state index is 11.6. The number of rotatable bonds is 11. The second-order valence-corrected chi connectivity index (χ2v) is 51.5. The molecule has 5 aromatic carbocycles. The summed E-state index contributed by atoms with van der Waals surface area (Å²) in [4.78, 5) is 7.20. The molecule has 116 heavy (non-hydrogen) atoms. The first-order chi connectivity index (χ1) is 55.5. The predicted octanol–water partition coefficient (Wildman–Crippen LogP) is 31.5. The SMILES string of the molecule is C1CCC([PH+](C2CCCCC2)C2CCCCC2)CC1.C1CCC([PH+](C2CCCCC2)C2CCCCC2)CC1.C=C1C=C(C)C(=[N+]2[CH-]N(c3c(C)cc(C)cc3C)CC2)C(C)=C1.Cc1cc(C)c(N2[CH-]N(c3c(C)cc(C)cc3C)CC2)c(C)c1.FC(F)=C(F)F.FC(F)=Cc1ccccc1.F[C](F)=[Ru]([Cl])[Cl].[Cl][Ru]([Cl])=[CH]c1ccccc1. The van der Waals surface area contributed by atoms with Crippen molar-refractivity contribution in [1.82, 2.24) is 0 Å². The van der Waals surface area contributed by atoms with E-state index in [1.807, 2.05) is 34.9 Å². The van der Waals surface area contributed by atoms with Crippen molar-refractivity contribution in [1.29, 1.82) is 0 Å². The molecule has 0 spiro atoms. The first-order valence-corrected chi connectivity index (χ1v) is 56.9. The molecule has 0 N–H and O–H groups in total. The van der Waals surface area contributed by atoms with Crippen molar-refractivity contribution < 1.29 is 66.7 Å². The van der Waals surface area contributed by atoms with Gasteiger partial charge in [0.05, 0.1) is 46.2 Å². The van der Waals surface area contributed by atoms with Crippen LogP contribution >= 0.6 is 54.6 Å². The summed E-state index contributed by atoms with van der Waals surface area (Å²) in [5.41, 5.74) is 30.2. The molecule has 2 saturated heterocycles. The van der Waals surface area contributed by atoms with Gasteiger partial charge in [-0.2, -0.15) is 33.0 Å². The molecule has 0 unspecified atom stereocenters. The minimum atomic E-state index is -2.91. The molecule has 0 atom stereocenters. The third-order valence-electron chi connectivity index (χ3n) is 24.1. The third-order valence-corrected chi connectivity index (χ3v) is 36.8. The standard InChI is InChI=1S/C21H27N2.C21H26N2.2C18H33P.C8H6F2.C7H6.C2F4.CF2.4ClH.2Ru/c2*1-14-9-16(3)20(17(4)10-14)22-7-8-23(13-22)21-18(5)11-15(2)12-19(21)6;2*1-4-10-16(11-5-1)19(17-12-6-2-7-13-17)18-14-8-3-9-15-18;9-8(10)6-7-4-2-1-3-5-7;1-7-5-3-2-4-6-7;3-1(4)2(5)6;2-1-3;;;;;;/h9-13H,7-8H2,1-6H3;9-13H,1,7-8H2,2-6H3;2*16-18H,1-15H2;1-6H;1-6H;;;4*1H;;/q-1;;;;;;;;;;;;2*+2/p-2. The van der Waals surface area contributed by atoms with Crippen molar-refractivity contribution in [2.75, 3.05) is 40.9 Å². The van der Waals surface area contributed by atoms with Gasteiger partial charge in [-0.25, -0.2) is 0 Å². The van der Waals surface area contributed by atoms with Gasteiger partial charge in [-0.1, -0.05) is 166 Å². The monoisotopic (exact) mass is 1900 g/mol. The summed E-state index contributed by atoms with van der Waals surface area (Å²) in [6, 6.07) is 32.0. The molecule has 20 heteroatoms. The number of allylic oxidation sites excluding steroid dienone is 5. The van der Waals surface area contributed by atoms with E-state index in [9.17, 15) is 35.1 Å². The van der Waals surface area contributed by atoms with Gasteiger partial charge in [0.2, 0.25) is 0 Å². The molecular formula is C96H133Cl4F8N4P2Ru2+. The van der Waals surface area contributed by atoms with Gasteiger partial charge in [-0.05, 0) is 261 Å². The molecule has 646 valence electrons. The van der Waals surface area contributed by atoms with Crippen molar-refractivity contribution in [2.24, 2.45) is 0 Å². The number of nitrogens with zero attached hydrogens (tertiary/aromatic N) is 4. The number of benzene rings is 5. The Morgan fingerprint density at radius 2 is 0.681 bits per heavy atom. The summed E-state index contributed by atoms with van der Waals surface area (Å²) in [7, 11) is 20.7. The van der Waals surface area contributed by atoms with Crippen LogP contribution < -0.4 is 14.7 Å². The van der Waals surface area contributed by atoms with Crippen LogP contribution in [0.2, 0.25) is 0 Å². The fourth-order valence-corrected chi connectivity index (χ4v) is 32.2. The van der Waals surface area contributed by atoms with Crippen LogP contribution in [0.5, 0.6) is 0 Å². The quantitative estimate of drug-likeness (QED) is 0.0430. The number of hydrogen-bond donors (Lipinski definition) is 0. The van der Waals surface area contributed by atoms with Gasteiger partial charge >= 0.3 is 132 Å². The van der Waals surface area contributed by atoms with Crippen LogP contribution in [0, 0.1) is 75.7 Å². The molecule has 5 aromatic rings. The Kier molecular flexibility index (Phi) is 45.0. The van der Waals surface area contributed by atoms with Crippen LogP contribution in [0.4, 0.5) is 52.2 Å². The Morgan fingerprint density at radius 1 is 0.405 bits per heavy atom. The van der Waals surface area contributed by atoms with Crippen LogP contribution in [-0.2, 0) is 27.0 Å². The van der Waals surface area contributed by atoms with Gasteiger partial charge in [0, 0.05) is 52.1 Å². The van der Waals surface area contributed by atoms with Crippen LogP contribution in [-0.4, -0.2) is 79.6 Å². The fourth-order valence-electron chi connectivity index (χ4n) is 20.0. The van der Waals surface area contributed by atoms with Crippen LogP contribution in [0.25, 0.3) is 6.08 Å². The molecule has 9 aliphatic rings. The van der Waals surface area contributed by atoms with Gasteiger partial charge in [-0.3, -0.25) is 0 Å². The Morgan fingerprint density at radius 3 is 0.940 bits per heavy atom. The van der Waals surface area contributed by atoms with E-state index in [0.29, 0.717) is 5.56 Å². The van der Waals surface area contributed by atoms with E-state index in [-0.39, 0.29) is 15.8 Å². The Bertz CT molecular complexity index is 3680. The zero-order valence-corrected chi connectivity index (χ0v) is 79.4. The molecule has 0 bridgehead atoms. The van der Waals surface area contributed by atoms with Gasteiger partial charge in [0.25, 0.3) is 6.08 Å². The molecular weight excluding hydrogens is 1770 g/mol. The molecule has 14 rings (SSSR count). The second-order valence-electron chi connectivity index (χ2n) is 33.3. The molecule has 2 heterocycles. The first kappa shape index (κ1) is 99.3. The predicted molar refractivity (Wildman–Crippen MR) is 488 cm³/mol. The maximum absolute atomic E-state index is 11.6. The average Bonchev–Trinajstić information content (AvgIpc) is 1.61. The molecule has 6 saturated carbocycles. The van der Waals surface area contributed by atoms with Crippen LogP contribution in [0.1, 0.15) is 268 Å². The molecule has 7 aliphatic carbocycles. The molecule has 2 aliphatic heterocycles. The summed E-state index contributed by atoms with van der Waals surface area (Å²) in [5, 5.41) is 0. The zero-order chi connectivity index (χ0) is 84.4. The summed E-state index contributed by atoms with van der Waals surface area (Å²) in [6.45, 7) is 36.9. The molecule has 0 amide bonds. The fraction of sp³-hybridized carbons (Fsp3) is 0.531. The van der Waals surface area contributed by atoms with Gasteiger partial charge in [0.15, 0.2) is 0 Å². The van der Waals surface area contributed by atoms with Gasteiger partial charge in [-0.15, -0.1) is 0 Å². The van der Waals surface area contributed by atoms with E-state index in [4.69, 9.17) is 38.8 Å².